The van der Waals surface area contributed by atoms with Crippen LogP contribution in [0.15, 0.2) is 52.0 Å². The van der Waals surface area contributed by atoms with Crippen LogP contribution in [-0.2, 0) is 10.2 Å². The lowest BCUT2D eigenvalue weighted by Gasteiger charge is -2.61. The first-order valence-corrected chi connectivity index (χ1v) is 10.1. The third kappa shape index (κ3) is 3.05. The first kappa shape index (κ1) is 18.1. The summed E-state index contributed by atoms with van der Waals surface area (Å²) in [6.07, 6.45) is 7.59. The second-order valence-corrected chi connectivity index (χ2v) is 9.02. The number of furan rings is 1. The molecule has 4 atom stereocenters. The van der Waals surface area contributed by atoms with E-state index in [0.29, 0.717) is 11.8 Å². The predicted octanol–water partition coefficient (Wildman–Crippen LogP) is 4.18. The summed E-state index contributed by atoms with van der Waals surface area (Å²) in [7, 11) is 0. The summed E-state index contributed by atoms with van der Waals surface area (Å²) in [5, 5.41) is 14.7. The van der Waals surface area contributed by atoms with Gasteiger partial charge in [-0.3, -0.25) is 14.9 Å². The zero-order valence-electron chi connectivity index (χ0n) is 16.0. The van der Waals surface area contributed by atoms with Gasteiger partial charge in [0.15, 0.2) is 5.76 Å². The Kier molecular flexibility index (Phi) is 4.08. The minimum absolute atomic E-state index is 0.0378. The highest BCUT2D eigenvalue weighted by molar-refractivity contribution is 5.85. The number of nitrogens with zero attached hydrogens (tertiary/aromatic N) is 2. The Balaban J connectivity index is 1.35. The van der Waals surface area contributed by atoms with Crippen molar-refractivity contribution in [2.75, 3.05) is 0 Å². The minimum Gasteiger partial charge on any atom is -0.400 e. The van der Waals surface area contributed by atoms with E-state index in [-0.39, 0.29) is 28.4 Å². The lowest BCUT2D eigenvalue weighted by atomic mass is 9.42. The number of hydrogen-bond acceptors (Lipinski definition) is 5. The van der Waals surface area contributed by atoms with Crippen molar-refractivity contribution >= 4 is 18.0 Å². The number of hydrazone groups is 1. The Morgan fingerprint density at radius 3 is 2.52 bits per heavy atom. The summed E-state index contributed by atoms with van der Waals surface area (Å²) >= 11 is 0. The lowest BCUT2D eigenvalue weighted by molar-refractivity contribution is -0.402. The van der Waals surface area contributed by atoms with E-state index in [0.717, 1.165) is 19.3 Å². The highest BCUT2D eigenvalue weighted by atomic mass is 16.6. The van der Waals surface area contributed by atoms with E-state index in [2.05, 4.69) is 34.8 Å². The van der Waals surface area contributed by atoms with Crippen LogP contribution in [0.25, 0.3) is 0 Å². The van der Waals surface area contributed by atoms with Crippen LogP contribution in [0.4, 0.5) is 5.88 Å². The van der Waals surface area contributed by atoms with Crippen molar-refractivity contribution in [3.63, 3.8) is 0 Å². The van der Waals surface area contributed by atoms with E-state index >= 15 is 0 Å². The maximum absolute atomic E-state index is 13.2. The van der Waals surface area contributed by atoms with E-state index in [1.165, 1.54) is 43.2 Å². The Hall–Kier alpha value is -2.96. The number of carbonyl (C=O) groups is 1. The van der Waals surface area contributed by atoms with Gasteiger partial charge in [0.2, 0.25) is 5.91 Å². The quantitative estimate of drug-likeness (QED) is 0.468. The average Bonchev–Trinajstić information content (AvgIpc) is 3.17. The second kappa shape index (κ2) is 6.54. The second-order valence-electron chi connectivity index (χ2n) is 9.02. The van der Waals surface area contributed by atoms with Crippen molar-refractivity contribution < 1.29 is 14.1 Å². The fraction of sp³-hybridized carbons (Fsp3) is 0.455. The molecule has 1 aromatic heterocycles. The maximum atomic E-state index is 13.2. The molecule has 1 amide bonds. The van der Waals surface area contributed by atoms with Crippen LogP contribution in [0.3, 0.4) is 0 Å². The number of hydrogen-bond donors (Lipinski definition) is 1. The van der Waals surface area contributed by atoms with Gasteiger partial charge in [-0.25, -0.2) is 5.43 Å². The molecule has 4 aliphatic carbocycles. The van der Waals surface area contributed by atoms with Crippen molar-refractivity contribution in [3.8, 4) is 0 Å². The van der Waals surface area contributed by atoms with Crippen LogP contribution in [0.1, 0.15) is 49.8 Å². The molecule has 4 bridgehead atoms. The molecule has 2 unspecified atom stereocenters. The lowest BCUT2D eigenvalue weighted by Crippen LogP contribution is -2.58. The first-order valence-electron chi connectivity index (χ1n) is 10.1. The molecule has 2 aromatic rings. The largest absolute Gasteiger partial charge is 0.433 e. The molecule has 4 aliphatic rings. The van der Waals surface area contributed by atoms with E-state index < -0.39 is 4.92 Å². The van der Waals surface area contributed by atoms with Crippen molar-refractivity contribution in [1.82, 2.24) is 5.43 Å². The number of carbonyl (C=O) groups excluding carboxylic acids is 1. The number of rotatable bonds is 5. The molecule has 0 radical (unpaired) electrons. The summed E-state index contributed by atoms with van der Waals surface area (Å²) in [4.78, 5) is 23.3. The van der Waals surface area contributed by atoms with Crippen molar-refractivity contribution in [2.24, 2.45) is 22.4 Å². The van der Waals surface area contributed by atoms with E-state index in [1.807, 2.05) is 6.07 Å². The van der Waals surface area contributed by atoms with Gasteiger partial charge in [-0.15, -0.1) is 0 Å². The van der Waals surface area contributed by atoms with Gasteiger partial charge in [0, 0.05) is 0 Å². The van der Waals surface area contributed by atoms with Gasteiger partial charge in [-0.05, 0) is 67.4 Å². The monoisotopic (exact) mass is 393 g/mol. The predicted molar refractivity (Wildman–Crippen MR) is 106 cm³/mol. The van der Waals surface area contributed by atoms with Crippen molar-refractivity contribution in [2.45, 2.75) is 43.9 Å². The Morgan fingerprint density at radius 1 is 1.14 bits per heavy atom. The van der Waals surface area contributed by atoms with E-state index in [4.69, 9.17) is 4.42 Å². The summed E-state index contributed by atoms with van der Waals surface area (Å²) in [6, 6.07) is 13.4. The Labute approximate surface area is 168 Å². The number of benzene rings is 1. The van der Waals surface area contributed by atoms with Crippen LogP contribution in [0, 0.1) is 27.4 Å². The van der Waals surface area contributed by atoms with Gasteiger partial charge in [0.1, 0.15) is 4.92 Å². The molecule has 7 nitrogen and oxygen atoms in total. The molecular formula is C22H23N3O4. The van der Waals surface area contributed by atoms with Gasteiger partial charge in [-0.1, -0.05) is 30.3 Å². The Morgan fingerprint density at radius 2 is 1.86 bits per heavy atom. The highest BCUT2D eigenvalue weighted by Crippen LogP contribution is 2.65. The highest BCUT2D eigenvalue weighted by Gasteiger charge is 2.60. The first-order chi connectivity index (χ1) is 14.0. The number of nitro groups is 1. The zero-order valence-corrected chi connectivity index (χ0v) is 16.0. The summed E-state index contributed by atoms with van der Waals surface area (Å²) < 4.78 is 5.05. The molecule has 4 saturated carbocycles. The van der Waals surface area contributed by atoms with Crippen LogP contribution in [0.2, 0.25) is 0 Å². The molecule has 1 N–H and O–H groups in total. The minimum atomic E-state index is -0.603. The molecular weight excluding hydrogens is 370 g/mol. The molecule has 1 heterocycles. The van der Waals surface area contributed by atoms with Crippen LogP contribution in [-0.4, -0.2) is 17.0 Å². The number of amides is 1. The van der Waals surface area contributed by atoms with Crippen LogP contribution < -0.4 is 5.43 Å². The zero-order chi connectivity index (χ0) is 20.1. The summed E-state index contributed by atoms with van der Waals surface area (Å²) in [5.41, 5.74) is 3.76. The standard InChI is InChI=1S/C22H23N3O4/c26-20(24-23-13-18-6-7-19(29-18)25(27)28)22-11-15-8-16(12-22)10-21(9-15,14-22)17-4-2-1-3-5-17/h1-7,13,15-16H,8-12,14H2,(H,24,26)/b23-13+/t15-,16+,21?,22?. The Bertz CT molecular complexity index is 967. The van der Waals surface area contributed by atoms with Gasteiger partial charge in [0.05, 0.1) is 17.7 Å². The fourth-order valence-electron chi connectivity index (χ4n) is 6.44. The summed E-state index contributed by atoms with van der Waals surface area (Å²) in [5.74, 6) is 1.02. The van der Waals surface area contributed by atoms with Gasteiger partial charge < -0.3 is 4.42 Å². The van der Waals surface area contributed by atoms with Crippen LogP contribution >= 0.6 is 0 Å². The molecule has 1 aromatic carbocycles. The van der Waals surface area contributed by atoms with Crippen molar-refractivity contribution in [1.29, 1.82) is 0 Å². The van der Waals surface area contributed by atoms with E-state index in [9.17, 15) is 14.9 Å². The smallest absolute Gasteiger partial charge is 0.400 e. The summed E-state index contributed by atoms with van der Waals surface area (Å²) in [6.45, 7) is 0. The maximum Gasteiger partial charge on any atom is 0.433 e. The topological polar surface area (TPSA) is 97.7 Å². The molecule has 150 valence electrons. The molecule has 6 rings (SSSR count). The van der Waals surface area contributed by atoms with Gasteiger partial charge in [-0.2, -0.15) is 5.10 Å². The van der Waals surface area contributed by atoms with Crippen molar-refractivity contribution in [3.05, 3.63) is 63.9 Å². The third-order valence-corrected chi connectivity index (χ3v) is 7.08. The molecule has 0 saturated heterocycles. The molecule has 29 heavy (non-hydrogen) atoms. The van der Waals surface area contributed by atoms with Crippen LogP contribution in [0.5, 0.6) is 0 Å². The fourth-order valence-corrected chi connectivity index (χ4v) is 6.44. The molecule has 0 aliphatic heterocycles. The molecule has 0 spiro atoms. The van der Waals surface area contributed by atoms with E-state index in [1.54, 1.807) is 0 Å². The SMILES string of the molecule is O=C(N/N=C/c1ccc([N+](=O)[O-])o1)C12C[C@H]3C[C@@H](C1)CC(c1ccccc1)(C3)C2. The van der Waals surface area contributed by atoms with Gasteiger partial charge >= 0.3 is 5.88 Å². The normalized spacial score (nSPS) is 32.6. The molecule has 4 fully saturated rings. The average molecular weight is 393 g/mol. The molecule has 7 heteroatoms. The van der Waals surface area contributed by atoms with Gasteiger partial charge in [0.25, 0.3) is 0 Å². The third-order valence-electron chi connectivity index (χ3n) is 7.08. The number of nitrogens with one attached hydrogen (secondary N) is 1.